The fraction of sp³-hybridized carbons (Fsp3) is 0.450. The summed E-state index contributed by atoms with van der Waals surface area (Å²) in [6.45, 7) is 16.2. The first-order chi connectivity index (χ1) is 37.4. The smallest absolute Gasteiger partial charge is 0.328 e. The summed E-state index contributed by atoms with van der Waals surface area (Å²) in [5.41, 5.74) is 14.0. The van der Waals surface area contributed by atoms with E-state index in [0.29, 0.717) is 108 Å². The first-order valence-corrected chi connectivity index (χ1v) is 27.2. The number of fused-ring (bicyclic) bond motifs is 1. The lowest BCUT2D eigenvalue weighted by atomic mass is 9.88. The van der Waals surface area contributed by atoms with Crippen LogP contribution < -0.4 is 41.2 Å². The molecule has 1 fully saturated rings. The van der Waals surface area contributed by atoms with Gasteiger partial charge in [0.2, 0.25) is 5.91 Å². The van der Waals surface area contributed by atoms with E-state index in [1.165, 1.54) is 6.21 Å². The number of aryl methyl sites for hydroxylation is 2. The molecule has 1 saturated heterocycles. The molecule has 2 aromatic heterocycles. The molecule has 5 aromatic rings. The Labute approximate surface area is 458 Å². The van der Waals surface area contributed by atoms with Crippen LogP contribution in [0.1, 0.15) is 102 Å². The lowest BCUT2D eigenvalue weighted by molar-refractivity contribution is -0.125. The number of anilines is 3. The maximum Gasteiger partial charge on any atom is 0.328 e. The summed E-state index contributed by atoms with van der Waals surface area (Å²) in [6.07, 6.45) is 8.69. The average molecular weight is 1070 g/mol. The number of carbonyl (C=O) groups is 4. The zero-order chi connectivity index (χ0) is 56.0. The van der Waals surface area contributed by atoms with Gasteiger partial charge in [-0.15, -0.1) is 0 Å². The van der Waals surface area contributed by atoms with Crippen molar-refractivity contribution in [2.75, 3.05) is 88.6 Å². The number of nitrogens with one attached hydrogen (secondary N) is 3. The fourth-order valence-electron chi connectivity index (χ4n) is 9.95. The van der Waals surface area contributed by atoms with Gasteiger partial charge in [-0.1, -0.05) is 18.6 Å². The molecule has 1 amide bonds. The third kappa shape index (κ3) is 15.3. The summed E-state index contributed by atoms with van der Waals surface area (Å²) in [7, 11) is 5.32. The number of Topliss-reactive ketones (excluding diaryl/α,β-unsaturated/α-hetero) is 3. The number of piperazine rings is 1. The molecule has 18 nitrogen and oxygen atoms in total. The van der Waals surface area contributed by atoms with Gasteiger partial charge in [0.1, 0.15) is 28.8 Å². The van der Waals surface area contributed by atoms with Gasteiger partial charge in [-0.2, -0.15) is 0 Å². The number of nitrogens with zero attached hydrogens (tertiary/aromatic N) is 6. The summed E-state index contributed by atoms with van der Waals surface area (Å²) in [4.78, 5) is 76.1. The van der Waals surface area contributed by atoms with Crippen molar-refractivity contribution >= 4 is 57.7 Å². The van der Waals surface area contributed by atoms with Crippen LogP contribution >= 0.6 is 0 Å². The molecule has 0 saturated carbocycles. The molecule has 0 spiro atoms. The predicted octanol–water partition coefficient (Wildman–Crippen LogP) is 8.50. The fourth-order valence-corrected chi connectivity index (χ4v) is 9.95. The molecule has 416 valence electrons. The number of ether oxygens (including phenoxy) is 3. The SMILES string of the molecule is CCCOc1cc(OCCCCN(C)CC(=O)CCC(=O)NCCN2CCN(c3ccc(-c4cc(NC(C)C)c(C=N)c(C(=O)CCC5=C(C)C=C(C)CC5=O)c4)cn3)CC2)cc(Oc2cc3c(cc2N)n(C)c(=O)n3C)c1. The van der Waals surface area contributed by atoms with E-state index in [4.69, 9.17) is 30.3 Å². The third-order valence-corrected chi connectivity index (χ3v) is 14.2. The first kappa shape index (κ1) is 58.1. The number of nitrogens with two attached hydrogens (primary N) is 1. The summed E-state index contributed by atoms with van der Waals surface area (Å²) in [6, 6.07) is 16.8. The number of unbranched alkanes of at least 4 members (excludes halogenated alkanes) is 1. The predicted molar refractivity (Wildman–Crippen MR) is 309 cm³/mol. The van der Waals surface area contributed by atoms with Crippen LogP contribution in [-0.2, 0) is 28.5 Å². The van der Waals surface area contributed by atoms with Crippen LogP contribution in [0, 0.1) is 5.41 Å². The van der Waals surface area contributed by atoms with Crippen LogP contribution in [0.15, 0.2) is 88.4 Å². The van der Waals surface area contributed by atoms with Crippen LogP contribution in [0.4, 0.5) is 17.2 Å². The minimum Gasteiger partial charge on any atom is -0.493 e. The van der Waals surface area contributed by atoms with Crippen molar-refractivity contribution in [2.24, 2.45) is 14.1 Å². The number of nitrogen functional groups attached to an aromatic ring is 1. The molecule has 2 aliphatic rings. The number of amides is 1. The number of hydrogen-bond donors (Lipinski definition) is 4. The summed E-state index contributed by atoms with van der Waals surface area (Å²) in [5.74, 6) is 2.77. The number of imidazole rings is 1. The van der Waals surface area contributed by atoms with Gasteiger partial charge in [-0.05, 0) is 114 Å². The van der Waals surface area contributed by atoms with Gasteiger partial charge in [0, 0.05) is 144 Å². The van der Waals surface area contributed by atoms with Gasteiger partial charge in [0.15, 0.2) is 17.3 Å². The number of rotatable bonds is 28. The maximum absolute atomic E-state index is 13.8. The van der Waals surface area contributed by atoms with Crippen molar-refractivity contribution in [3.8, 4) is 34.1 Å². The number of aromatic nitrogens is 3. The van der Waals surface area contributed by atoms with Crippen LogP contribution in [0.3, 0.4) is 0 Å². The molecule has 0 atom stereocenters. The van der Waals surface area contributed by atoms with Crippen LogP contribution in [0.2, 0.25) is 0 Å². The Kier molecular flexibility index (Phi) is 20.2. The lowest BCUT2D eigenvalue weighted by Gasteiger charge is -2.35. The van der Waals surface area contributed by atoms with E-state index in [1.807, 2.05) is 89.2 Å². The quantitative estimate of drug-likeness (QED) is 0.0160. The highest BCUT2D eigenvalue weighted by Crippen LogP contribution is 2.36. The largest absolute Gasteiger partial charge is 0.493 e. The number of benzene rings is 3. The van der Waals surface area contributed by atoms with Crippen molar-refractivity contribution in [3.05, 3.63) is 105 Å². The van der Waals surface area contributed by atoms with Crippen LogP contribution in [0.5, 0.6) is 23.0 Å². The molecular formula is C60H78N10O8. The zero-order valence-electron chi connectivity index (χ0n) is 46.8. The molecule has 78 heavy (non-hydrogen) atoms. The number of ketones is 3. The average Bonchev–Trinajstić information content (AvgIpc) is 3.77. The van der Waals surface area contributed by atoms with E-state index in [1.54, 1.807) is 47.5 Å². The second-order valence-electron chi connectivity index (χ2n) is 20.9. The zero-order valence-corrected chi connectivity index (χ0v) is 46.8. The molecule has 18 heteroatoms. The van der Waals surface area contributed by atoms with Crippen molar-refractivity contribution in [3.63, 3.8) is 0 Å². The Morgan fingerprint density at radius 2 is 1.58 bits per heavy atom. The molecule has 0 bridgehead atoms. The van der Waals surface area contributed by atoms with Gasteiger partial charge < -0.3 is 40.9 Å². The molecule has 0 radical (unpaired) electrons. The number of carbonyl (C=O) groups excluding carboxylic acids is 4. The monoisotopic (exact) mass is 1070 g/mol. The van der Waals surface area contributed by atoms with Gasteiger partial charge in [-0.25, -0.2) is 9.78 Å². The standard InChI is InChI=1S/C60H78N10O8/c1-9-25-76-45-31-46(33-47(32-45)78-57-35-54-53(34-51(57)62)67(7)60(75)68(54)8)77-26-11-10-19-66(6)38-44(71)13-17-59(74)63-18-20-69-21-23-70(24-22-69)58-16-12-42(37-64-58)43-29-49(50(36-61)52(30-43)65-39(2)3)55(72)15-14-48-41(5)27-40(4)28-56(48)73/h12,16,27,29-37,39,61,65H,9-11,13-15,17-26,28,38,62H2,1-8H3,(H,63,74). The Bertz CT molecular complexity index is 3110. The second kappa shape index (κ2) is 27.1. The molecule has 5 N–H and O–H groups in total. The number of likely N-dealkylation sites (N-methyl/N-ethyl adjacent to an activating group) is 1. The Hall–Kier alpha value is -7.57. The summed E-state index contributed by atoms with van der Waals surface area (Å²) in [5, 5.41) is 14.7. The topological polar surface area (TPSA) is 219 Å². The molecule has 1 aliphatic heterocycles. The van der Waals surface area contributed by atoms with Gasteiger partial charge in [-0.3, -0.25) is 38.1 Å². The van der Waals surface area contributed by atoms with E-state index in [9.17, 15) is 24.0 Å². The Morgan fingerprint density at radius 3 is 2.24 bits per heavy atom. The molecular weight excluding hydrogens is 989 g/mol. The Balaban J connectivity index is 0.797. The highest BCUT2D eigenvalue weighted by molar-refractivity contribution is 6.08. The van der Waals surface area contributed by atoms with Crippen molar-refractivity contribution in [1.82, 2.24) is 29.2 Å². The lowest BCUT2D eigenvalue weighted by Crippen LogP contribution is -2.48. The van der Waals surface area contributed by atoms with E-state index in [2.05, 4.69) is 20.4 Å². The molecule has 3 heterocycles. The van der Waals surface area contributed by atoms with Crippen molar-refractivity contribution in [1.29, 1.82) is 5.41 Å². The maximum atomic E-state index is 13.8. The highest BCUT2D eigenvalue weighted by atomic mass is 16.5. The number of hydrogen-bond acceptors (Lipinski definition) is 15. The van der Waals surface area contributed by atoms with Gasteiger partial charge in [0.25, 0.3) is 0 Å². The summed E-state index contributed by atoms with van der Waals surface area (Å²) < 4.78 is 21.4. The van der Waals surface area contributed by atoms with E-state index >= 15 is 0 Å². The van der Waals surface area contributed by atoms with Crippen molar-refractivity contribution < 1.29 is 33.4 Å². The molecule has 3 aromatic carbocycles. The minimum atomic E-state index is -0.156. The normalized spacial score (nSPS) is 14.1. The first-order valence-electron chi connectivity index (χ1n) is 27.2. The van der Waals surface area contributed by atoms with E-state index < -0.39 is 0 Å². The minimum absolute atomic E-state index is 0.0158. The van der Waals surface area contributed by atoms with Crippen LogP contribution in [0.25, 0.3) is 22.2 Å². The second-order valence-corrected chi connectivity index (χ2v) is 20.9. The molecule has 1 aliphatic carbocycles. The van der Waals surface area contributed by atoms with Crippen LogP contribution in [-0.4, -0.2) is 132 Å². The van der Waals surface area contributed by atoms with Gasteiger partial charge >= 0.3 is 5.69 Å². The van der Waals surface area contributed by atoms with Crippen molar-refractivity contribution in [2.45, 2.75) is 92.0 Å². The Morgan fingerprint density at radius 1 is 0.872 bits per heavy atom. The highest BCUT2D eigenvalue weighted by Gasteiger charge is 2.23. The molecule has 7 rings (SSSR count). The third-order valence-electron chi connectivity index (χ3n) is 14.2. The van der Waals surface area contributed by atoms with E-state index in [-0.39, 0.29) is 60.8 Å². The van der Waals surface area contributed by atoms with Gasteiger partial charge in [0.05, 0.1) is 36.5 Å². The molecule has 0 unspecified atom stereocenters. The summed E-state index contributed by atoms with van der Waals surface area (Å²) >= 11 is 0. The number of pyridine rings is 1. The number of allylic oxidation sites excluding steroid dienone is 4. The van der Waals surface area contributed by atoms with E-state index in [0.717, 1.165) is 73.5 Å².